The van der Waals surface area contributed by atoms with Crippen LogP contribution in [0.1, 0.15) is 38.7 Å². The molecule has 1 aromatic heterocycles. The number of nitrogens with zero attached hydrogens (tertiary/aromatic N) is 2. The summed E-state index contributed by atoms with van der Waals surface area (Å²) in [6.45, 7) is 6.53. The Kier molecular flexibility index (Phi) is 5.78. The van der Waals surface area contributed by atoms with Crippen molar-refractivity contribution in [1.29, 1.82) is 0 Å². The number of thioether (sulfide) groups is 1. The second-order valence-corrected chi connectivity index (χ2v) is 7.90. The van der Waals surface area contributed by atoms with Crippen molar-refractivity contribution in [1.82, 2.24) is 15.5 Å². The lowest BCUT2D eigenvalue weighted by Gasteiger charge is -2.34. The molecule has 134 valence electrons. The second-order valence-electron chi connectivity index (χ2n) is 6.97. The third-order valence-electron chi connectivity index (χ3n) is 5.08. The number of hydrogen-bond acceptors (Lipinski definition) is 5. The Hall–Kier alpha value is -1.82. The van der Waals surface area contributed by atoms with E-state index in [0.717, 1.165) is 12.0 Å². The molecule has 1 N–H and O–H groups in total. The Morgan fingerprint density at radius 2 is 2.00 bits per heavy atom. The number of rotatable bonds is 5. The van der Waals surface area contributed by atoms with Crippen LogP contribution in [-0.2, 0) is 4.79 Å². The van der Waals surface area contributed by atoms with Gasteiger partial charge < -0.3 is 9.73 Å². The van der Waals surface area contributed by atoms with Gasteiger partial charge in [0.05, 0.1) is 5.75 Å². The molecule has 1 amide bonds. The molecule has 0 spiro atoms. The van der Waals surface area contributed by atoms with Gasteiger partial charge in [0.1, 0.15) is 0 Å². The summed E-state index contributed by atoms with van der Waals surface area (Å²) in [6, 6.07) is 8.20. The lowest BCUT2D eigenvalue weighted by Crippen LogP contribution is -2.44. The van der Waals surface area contributed by atoms with Crippen LogP contribution in [0, 0.1) is 18.8 Å². The van der Waals surface area contributed by atoms with Gasteiger partial charge in [0, 0.05) is 11.6 Å². The predicted molar refractivity (Wildman–Crippen MR) is 99.3 cm³/mol. The maximum atomic E-state index is 12.2. The molecule has 3 atom stereocenters. The molecule has 2 aromatic rings. The molecule has 3 rings (SSSR count). The number of amides is 1. The van der Waals surface area contributed by atoms with E-state index >= 15 is 0 Å². The molecular formula is C19H25N3O2S. The van der Waals surface area contributed by atoms with Crippen molar-refractivity contribution in [3.63, 3.8) is 0 Å². The van der Waals surface area contributed by atoms with E-state index in [1.165, 1.54) is 30.2 Å². The van der Waals surface area contributed by atoms with Crippen molar-refractivity contribution < 1.29 is 9.21 Å². The molecule has 0 saturated heterocycles. The molecule has 0 unspecified atom stereocenters. The summed E-state index contributed by atoms with van der Waals surface area (Å²) in [5.41, 5.74) is 2.07. The van der Waals surface area contributed by atoms with E-state index in [4.69, 9.17) is 4.42 Å². The normalized spacial score (nSPS) is 23.4. The van der Waals surface area contributed by atoms with Gasteiger partial charge in [-0.05, 0) is 37.3 Å². The van der Waals surface area contributed by atoms with E-state index in [1.807, 2.05) is 31.2 Å². The molecule has 0 aliphatic heterocycles. The fourth-order valence-electron chi connectivity index (χ4n) is 3.24. The number of carbonyl (C=O) groups excluding carboxylic acids is 1. The third kappa shape index (κ3) is 4.63. The fourth-order valence-corrected chi connectivity index (χ4v) is 3.82. The summed E-state index contributed by atoms with van der Waals surface area (Å²) in [7, 11) is 0. The molecule has 1 aliphatic carbocycles. The number of carbonyl (C=O) groups is 1. The molecule has 1 heterocycles. The van der Waals surface area contributed by atoms with Crippen molar-refractivity contribution in [3.05, 3.63) is 29.8 Å². The Morgan fingerprint density at radius 1 is 1.24 bits per heavy atom. The maximum absolute atomic E-state index is 12.2. The zero-order chi connectivity index (χ0) is 17.8. The van der Waals surface area contributed by atoms with E-state index in [1.54, 1.807) is 0 Å². The summed E-state index contributed by atoms with van der Waals surface area (Å²) < 4.78 is 5.65. The Morgan fingerprint density at radius 3 is 2.76 bits per heavy atom. The van der Waals surface area contributed by atoms with Gasteiger partial charge >= 0.3 is 0 Å². The SMILES string of the molecule is Cc1ccc(-c2nnc(SCC(=O)N[C@H]3CCC[C@H](C)[C@@H]3C)o2)cc1. The average molecular weight is 359 g/mol. The van der Waals surface area contributed by atoms with Gasteiger partial charge in [0.15, 0.2) is 0 Å². The van der Waals surface area contributed by atoms with Crippen LogP contribution in [0.4, 0.5) is 0 Å². The monoisotopic (exact) mass is 359 g/mol. The van der Waals surface area contributed by atoms with Gasteiger partial charge in [-0.2, -0.15) is 0 Å². The minimum Gasteiger partial charge on any atom is -0.411 e. The molecule has 1 saturated carbocycles. The molecule has 1 aliphatic rings. The topological polar surface area (TPSA) is 68.0 Å². The van der Waals surface area contributed by atoms with Crippen molar-refractivity contribution in [3.8, 4) is 11.5 Å². The minimum atomic E-state index is 0.0334. The molecular weight excluding hydrogens is 334 g/mol. The summed E-state index contributed by atoms with van der Waals surface area (Å²) in [5, 5.41) is 11.7. The Balaban J connectivity index is 1.52. The van der Waals surface area contributed by atoms with Crippen LogP contribution < -0.4 is 5.32 Å². The zero-order valence-corrected chi connectivity index (χ0v) is 15.8. The smallest absolute Gasteiger partial charge is 0.277 e. The highest BCUT2D eigenvalue weighted by atomic mass is 32.2. The van der Waals surface area contributed by atoms with Crippen molar-refractivity contribution in [2.75, 3.05) is 5.75 Å². The molecule has 1 fully saturated rings. The summed E-state index contributed by atoms with van der Waals surface area (Å²) in [5.74, 6) is 2.01. The Labute approximate surface area is 153 Å². The largest absolute Gasteiger partial charge is 0.411 e. The molecule has 25 heavy (non-hydrogen) atoms. The molecule has 0 bridgehead atoms. The fraction of sp³-hybridized carbons (Fsp3) is 0.526. The van der Waals surface area contributed by atoms with E-state index in [9.17, 15) is 4.79 Å². The average Bonchev–Trinajstić information content (AvgIpc) is 3.07. The standard InChI is InChI=1S/C19H25N3O2S/c1-12-7-9-15(10-8-12)18-21-22-19(24-18)25-11-17(23)20-16-6-4-5-13(2)14(16)3/h7-10,13-14,16H,4-6,11H2,1-3H3,(H,20,23)/t13-,14-,16-/m0/s1. The van der Waals surface area contributed by atoms with Crippen LogP contribution in [0.5, 0.6) is 0 Å². The van der Waals surface area contributed by atoms with E-state index < -0.39 is 0 Å². The van der Waals surface area contributed by atoms with E-state index in [0.29, 0.717) is 28.7 Å². The lowest BCUT2D eigenvalue weighted by molar-refractivity contribution is -0.120. The first kappa shape index (κ1) is 18.0. The molecule has 6 heteroatoms. The summed E-state index contributed by atoms with van der Waals surface area (Å²) >= 11 is 1.29. The molecule has 0 radical (unpaired) electrons. The number of benzene rings is 1. The van der Waals surface area contributed by atoms with Gasteiger partial charge in [-0.1, -0.05) is 56.1 Å². The lowest BCUT2D eigenvalue weighted by atomic mass is 9.78. The Bertz CT molecular complexity index is 714. The van der Waals surface area contributed by atoms with Crippen LogP contribution in [0.15, 0.2) is 33.9 Å². The van der Waals surface area contributed by atoms with Gasteiger partial charge in [-0.3, -0.25) is 4.79 Å². The first-order valence-electron chi connectivity index (χ1n) is 8.85. The van der Waals surface area contributed by atoms with Crippen molar-refractivity contribution >= 4 is 17.7 Å². The maximum Gasteiger partial charge on any atom is 0.277 e. The number of nitrogens with one attached hydrogen (secondary N) is 1. The quantitative estimate of drug-likeness (QED) is 0.815. The highest BCUT2D eigenvalue weighted by Gasteiger charge is 2.28. The van der Waals surface area contributed by atoms with Gasteiger partial charge in [0.2, 0.25) is 11.8 Å². The van der Waals surface area contributed by atoms with Crippen LogP contribution in [0.3, 0.4) is 0 Å². The van der Waals surface area contributed by atoms with Gasteiger partial charge in [-0.15, -0.1) is 10.2 Å². The number of aromatic nitrogens is 2. The molecule has 5 nitrogen and oxygen atoms in total. The van der Waals surface area contributed by atoms with Crippen LogP contribution in [-0.4, -0.2) is 27.9 Å². The van der Waals surface area contributed by atoms with E-state index in [-0.39, 0.29) is 11.9 Å². The highest BCUT2D eigenvalue weighted by Crippen LogP contribution is 2.29. The summed E-state index contributed by atoms with van der Waals surface area (Å²) in [6.07, 6.45) is 3.51. The number of hydrogen-bond donors (Lipinski definition) is 1. The first-order valence-corrected chi connectivity index (χ1v) is 9.84. The van der Waals surface area contributed by atoms with Crippen LogP contribution in [0.2, 0.25) is 0 Å². The molecule has 1 aromatic carbocycles. The first-order chi connectivity index (χ1) is 12.0. The minimum absolute atomic E-state index is 0.0334. The van der Waals surface area contributed by atoms with Crippen LogP contribution in [0.25, 0.3) is 11.5 Å². The number of aryl methyl sites for hydroxylation is 1. The van der Waals surface area contributed by atoms with Crippen LogP contribution >= 0.6 is 11.8 Å². The third-order valence-corrected chi connectivity index (χ3v) is 5.90. The van der Waals surface area contributed by atoms with Crippen molar-refractivity contribution in [2.24, 2.45) is 11.8 Å². The van der Waals surface area contributed by atoms with Gasteiger partial charge in [0.25, 0.3) is 5.22 Å². The summed E-state index contributed by atoms with van der Waals surface area (Å²) in [4.78, 5) is 12.2. The zero-order valence-electron chi connectivity index (χ0n) is 15.0. The van der Waals surface area contributed by atoms with E-state index in [2.05, 4.69) is 29.4 Å². The van der Waals surface area contributed by atoms with Gasteiger partial charge in [-0.25, -0.2) is 0 Å². The highest BCUT2D eigenvalue weighted by molar-refractivity contribution is 7.99. The second kappa shape index (κ2) is 8.04. The predicted octanol–water partition coefficient (Wildman–Crippen LogP) is 4.08. The van der Waals surface area contributed by atoms with Crippen molar-refractivity contribution in [2.45, 2.75) is 51.3 Å².